The third-order valence-corrected chi connectivity index (χ3v) is 4.03. The number of hydrogen-bond donors (Lipinski definition) is 1. The zero-order valence-corrected chi connectivity index (χ0v) is 13.4. The molecule has 1 heterocycles. The smallest absolute Gasteiger partial charge is 0.324 e. The maximum Gasteiger partial charge on any atom is 0.413 e. The molecule has 1 aliphatic rings. The van der Waals surface area contributed by atoms with Crippen molar-refractivity contribution in [3.63, 3.8) is 0 Å². The molecule has 1 atom stereocenters. The summed E-state index contributed by atoms with van der Waals surface area (Å²) in [5, 5.41) is 2.48. The number of halogens is 4. The van der Waals surface area contributed by atoms with E-state index in [1.807, 2.05) is 0 Å². The lowest BCUT2D eigenvalue weighted by molar-refractivity contribution is -0.178. The zero-order valence-electron chi connectivity index (χ0n) is 12.7. The highest BCUT2D eigenvalue weighted by atomic mass is 35.5. The summed E-state index contributed by atoms with van der Waals surface area (Å²) in [6, 6.07) is 9.03. The fraction of sp³-hybridized carbons (Fsp3) is 0.176. The molecule has 4 nitrogen and oxygen atoms in total. The number of nitrogens with zero attached hydrogens (tertiary/aromatic N) is 1. The number of carbonyl (C=O) groups excluding carboxylic acids is 2. The van der Waals surface area contributed by atoms with Crippen molar-refractivity contribution in [2.75, 3.05) is 11.9 Å². The lowest BCUT2D eigenvalue weighted by atomic mass is 10.0. The molecule has 1 N–H and O–H groups in total. The summed E-state index contributed by atoms with van der Waals surface area (Å²) in [6.07, 6.45) is -4.78. The van der Waals surface area contributed by atoms with Gasteiger partial charge in [-0.1, -0.05) is 29.8 Å². The zero-order chi connectivity index (χ0) is 18.2. The topological polar surface area (TPSA) is 49.4 Å². The van der Waals surface area contributed by atoms with Gasteiger partial charge in [0, 0.05) is 21.8 Å². The van der Waals surface area contributed by atoms with Gasteiger partial charge >= 0.3 is 6.18 Å². The van der Waals surface area contributed by atoms with E-state index in [2.05, 4.69) is 5.32 Å². The van der Waals surface area contributed by atoms with Crippen LogP contribution in [0.15, 0.2) is 48.5 Å². The van der Waals surface area contributed by atoms with Crippen LogP contribution in [0.5, 0.6) is 0 Å². The molecule has 0 bridgehead atoms. The standard InChI is InChI=1S/C17H12ClF3N2O2/c18-11-6-7-13-12(8-11)15(17(19,20)21)23(9-14(24)22-13)16(25)10-4-2-1-3-5-10/h1-8,15H,9H2,(H,22,24). The second kappa shape index (κ2) is 6.40. The van der Waals surface area contributed by atoms with E-state index in [0.717, 1.165) is 6.07 Å². The van der Waals surface area contributed by atoms with Crippen LogP contribution in [0.3, 0.4) is 0 Å². The van der Waals surface area contributed by atoms with Crippen LogP contribution in [0.4, 0.5) is 18.9 Å². The Balaban J connectivity index is 2.15. The molecule has 0 saturated carbocycles. The monoisotopic (exact) mass is 368 g/mol. The Morgan fingerprint density at radius 2 is 1.84 bits per heavy atom. The van der Waals surface area contributed by atoms with Crippen LogP contribution in [-0.2, 0) is 4.79 Å². The number of nitrogens with one attached hydrogen (secondary N) is 1. The molecule has 0 aromatic heterocycles. The maximum absolute atomic E-state index is 13.8. The van der Waals surface area contributed by atoms with Crippen molar-refractivity contribution in [3.05, 3.63) is 64.7 Å². The molecule has 1 aliphatic heterocycles. The van der Waals surface area contributed by atoms with Crippen LogP contribution in [0.1, 0.15) is 22.0 Å². The fourth-order valence-corrected chi connectivity index (χ4v) is 2.95. The van der Waals surface area contributed by atoms with Gasteiger partial charge in [-0.05, 0) is 30.3 Å². The minimum atomic E-state index is -4.78. The van der Waals surface area contributed by atoms with Gasteiger partial charge in [-0.25, -0.2) is 0 Å². The molecule has 1 unspecified atom stereocenters. The number of anilines is 1. The molecule has 2 aromatic rings. The van der Waals surface area contributed by atoms with E-state index in [4.69, 9.17) is 11.6 Å². The van der Waals surface area contributed by atoms with E-state index < -0.39 is 30.6 Å². The molecule has 0 radical (unpaired) electrons. The van der Waals surface area contributed by atoms with Crippen molar-refractivity contribution in [2.24, 2.45) is 0 Å². The van der Waals surface area contributed by atoms with E-state index in [1.165, 1.54) is 24.3 Å². The van der Waals surface area contributed by atoms with Gasteiger partial charge in [-0.15, -0.1) is 0 Å². The van der Waals surface area contributed by atoms with Crippen molar-refractivity contribution in [2.45, 2.75) is 12.2 Å². The molecule has 0 fully saturated rings. The minimum Gasteiger partial charge on any atom is -0.324 e. The Morgan fingerprint density at radius 1 is 1.16 bits per heavy atom. The number of hydrogen-bond acceptors (Lipinski definition) is 2. The van der Waals surface area contributed by atoms with Crippen LogP contribution in [0.2, 0.25) is 5.02 Å². The van der Waals surface area contributed by atoms with Gasteiger partial charge in [-0.2, -0.15) is 13.2 Å². The number of rotatable bonds is 1. The van der Waals surface area contributed by atoms with E-state index >= 15 is 0 Å². The summed E-state index contributed by atoms with van der Waals surface area (Å²) in [6.45, 7) is -0.718. The summed E-state index contributed by atoms with van der Waals surface area (Å²) in [5.74, 6) is -1.59. The van der Waals surface area contributed by atoms with Crippen LogP contribution in [-0.4, -0.2) is 29.4 Å². The molecule has 0 aliphatic carbocycles. The number of alkyl halides is 3. The summed E-state index contributed by atoms with van der Waals surface area (Å²) in [7, 11) is 0. The molecular weight excluding hydrogens is 357 g/mol. The molecule has 3 rings (SSSR count). The number of fused-ring (bicyclic) bond motifs is 1. The summed E-state index contributed by atoms with van der Waals surface area (Å²) in [5.41, 5.74) is -0.217. The highest BCUT2D eigenvalue weighted by Gasteiger charge is 2.49. The first-order valence-electron chi connectivity index (χ1n) is 7.29. The van der Waals surface area contributed by atoms with Crippen LogP contribution in [0, 0.1) is 0 Å². The second-order valence-corrected chi connectivity index (χ2v) is 5.96. The molecule has 0 saturated heterocycles. The van der Waals surface area contributed by atoms with E-state index in [0.29, 0.717) is 4.90 Å². The SMILES string of the molecule is O=C1CN(C(=O)c2ccccc2)C(C(F)(F)F)c2cc(Cl)ccc2N1. The Morgan fingerprint density at radius 3 is 2.48 bits per heavy atom. The Hall–Kier alpha value is -2.54. The van der Waals surface area contributed by atoms with Crippen molar-refractivity contribution in [1.29, 1.82) is 0 Å². The van der Waals surface area contributed by atoms with Crippen LogP contribution >= 0.6 is 11.6 Å². The predicted molar refractivity (Wildman–Crippen MR) is 86.4 cm³/mol. The van der Waals surface area contributed by atoms with E-state index in [-0.39, 0.29) is 21.8 Å². The van der Waals surface area contributed by atoms with Gasteiger partial charge < -0.3 is 10.2 Å². The van der Waals surface area contributed by atoms with Crippen molar-refractivity contribution < 1.29 is 22.8 Å². The van der Waals surface area contributed by atoms with Gasteiger partial charge in [0.25, 0.3) is 5.91 Å². The summed E-state index contributed by atoms with van der Waals surface area (Å²) >= 11 is 5.84. The van der Waals surface area contributed by atoms with Gasteiger partial charge in [0.2, 0.25) is 5.91 Å². The minimum absolute atomic E-state index is 0.0138. The van der Waals surface area contributed by atoms with Gasteiger partial charge in [0.1, 0.15) is 6.54 Å². The van der Waals surface area contributed by atoms with E-state index in [9.17, 15) is 22.8 Å². The van der Waals surface area contributed by atoms with E-state index in [1.54, 1.807) is 18.2 Å². The lowest BCUT2D eigenvalue weighted by Gasteiger charge is -2.31. The predicted octanol–water partition coefficient (Wildman–Crippen LogP) is 4.04. The highest BCUT2D eigenvalue weighted by molar-refractivity contribution is 6.30. The van der Waals surface area contributed by atoms with Crippen molar-refractivity contribution in [3.8, 4) is 0 Å². The molecule has 2 amide bonds. The maximum atomic E-state index is 13.8. The first kappa shape index (κ1) is 17.3. The largest absolute Gasteiger partial charge is 0.413 e. The lowest BCUT2D eigenvalue weighted by Crippen LogP contribution is -2.44. The Kier molecular flexibility index (Phi) is 4.43. The summed E-state index contributed by atoms with van der Waals surface area (Å²) in [4.78, 5) is 25.2. The molecule has 130 valence electrons. The Labute approximate surface area is 146 Å². The number of benzene rings is 2. The Bertz CT molecular complexity index is 824. The molecular formula is C17H12ClF3N2O2. The highest BCUT2D eigenvalue weighted by Crippen LogP contribution is 2.43. The van der Waals surface area contributed by atoms with Crippen molar-refractivity contribution in [1.82, 2.24) is 4.90 Å². The molecule has 25 heavy (non-hydrogen) atoms. The van der Waals surface area contributed by atoms with Gasteiger partial charge in [-0.3, -0.25) is 9.59 Å². The average molecular weight is 369 g/mol. The molecule has 0 spiro atoms. The first-order valence-corrected chi connectivity index (χ1v) is 7.67. The first-order chi connectivity index (χ1) is 11.8. The third kappa shape index (κ3) is 3.46. The van der Waals surface area contributed by atoms with Gasteiger partial charge in [0.15, 0.2) is 6.04 Å². The molecule has 2 aromatic carbocycles. The molecule has 8 heteroatoms. The average Bonchev–Trinajstić information content (AvgIpc) is 2.70. The normalized spacial score (nSPS) is 17.5. The van der Waals surface area contributed by atoms with Crippen molar-refractivity contribution >= 4 is 29.1 Å². The van der Waals surface area contributed by atoms with Gasteiger partial charge in [0.05, 0.1) is 0 Å². The second-order valence-electron chi connectivity index (χ2n) is 5.52. The number of amides is 2. The quantitative estimate of drug-likeness (QED) is 0.826. The van der Waals surface area contributed by atoms with Crippen LogP contribution < -0.4 is 5.32 Å². The summed E-state index contributed by atoms with van der Waals surface area (Å²) < 4.78 is 41.4. The third-order valence-electron chi connectivity index (χ3n) is 3.80. The number of carbonyl (C=O) groups is 2. The fourth-order valence-electron chi connectivity index (χ4n) is 2.77. The van der Waals surface area contributed by atoms with Crippen LogP contribution in [0.25, 0.3) is 0 Å².